The molecule has 2 atom stereocenters. The van der Waals surface area contributed by atoms with Crippen molar-refractivity contribution in [3.05, 3.63) is 71.0 Å². The molecule has 0 fully saturated rings. The number of oxime groups is 1. The molecule has 0 saturated carbocycles. The molecule has 0 saturated heterocycles. The van der Waals surface area contributed by atoms with Gasteiger partial charge in [-0.3, -0.25) is 4.79 Å². The molecule has 0 aromatic heterocycles. The molecule has 1 heterocycles. The molecule has 0 bridgehead atoms. The monoisotopic (exact) mass is 326 g/mol. The predicted molar refractivity (Wildman–Crippen MR) is 90.2 cm³/mol. The molecule has 1 aliphatic heterocycles. The lowest BCUT2D eigenvalue weighted by atomic mass is 10.0. The summed E-state index contributed by atoms with van der Waals surface area (Å²) in [7, 11) is 0. The molecule has 2 aromatic carbocycles. The Morgan fingerprint density at radius 3 is 2.83 bits per heavy atom. The fraction of sp³-hybridized carbons (Fsp3) is 0.263. The van der Waals surface area contributed by atoms with Crippen molar-refractivity contribution >= 4 is 11.6 Å². The van der Waals surface area contributed by atoms with Crippen LogP contribution in [-0.2, 0) is 9.63 Å². The van der Waals surface area contributed by atoms with Gasteiger partial charge in [0.1, 0.15) is 5.82 Å². The lowest BCUT2D eigenvalue weighted by molar-refractivity contribution is -0.131. The third-order valence-corrected chi connectivity index (χ3v) is 4.13. The maximum Gasteiger partial charge on any atom is 0.264 e. The second-order valence-corrected chi connectivity index (χ2v) is 5.93. The Bertz CT molecular complexity index is 788. The van der Waals surface area contributed by atoms with E-state index in [0.29, 0.717) is 17.7 Å². The van der Waals surface area contributed by atoms with Gasteiger partial charge in [0.15, 0.2) is 0 Å². The van der Waals surface area contributed by atoms with E-state index in [2.05, 4.69) is 10.5 Å². The van der Waals surface area contributed by atoms with Crippen LogP contribution in [0.5, 0.6) is 0 Å². The summed E-state index contributed by atoms with van der Waals surface area (Å²) in [6, 6.07) is 13.9. The van der Waals surface area contributed by atoms with Gasteiger partial charge < -0.3 is 10.2 Å². The summed E-state index contributed by atoms with van der Waals surface area (Å²) in [5, 5.41) is 6.89. The summed E-state index contributed by atoms with van der Waals surface area (Å²) in [6.07, 6.45) is -0.356. The molecular weight excluding hydrogens is 307 g/mol. The molecule has 1 amide bonds. The number of rotatable bonds is 4. The van der Waals surface area contributed by atoms with Crippen LogP contribution in [0.1, 0.15) is 36.1 Å². The lowest BCUT2D eigenvalue weighted by Gasteiger charge is -2.18. The van der Waals surface area contributed by atoms with Crippen molar-refractivity contribution in [3.63, 3.8) is 0 Å². The van der Waals surface area contributed by atoms with Crippen molar-refractivity contribution in [3.8, 4) is 0 Å². The van der Waals surface area contributed by atoms with Crippen molar-refractivity contribution < 1.29 is 14.0 Å². The number of nitrogens with zero attached hydrogens (tertiary/aromatic N) is 1. The molecule has 0 unspecified atom stereocenters. The second-order valence-electron chi connectivity index (χ2n) is 5.93. The van der Waals surface area contributed by atoms with Crippen LogP contribution in [0, 0.1) is 12.7 Å². The van der Waals surface area contributed by atoms with Crippen molar-refractivity contribution in [1.29, 1.82) is 0 Å². The largest absolute Gasteiger partial charge is 0.382 e. The smallest absolute Gasteiger partial charge is 0.264 e. The van der Waals surface area contributed by atoms with Crippen molar-refractivity contribution in [1.82, 2.24) is 5.32 Å². The Morgan fingerprint density at radius 1 is 1.29 bits per heavy atom. The number of nitrogens with one attached hydrogen (secondary N) is 1. The summed E-state index contributed by atoms with van der Waals surface area (Å²) >= 11 is 0. The van der Waals surface area contributed by atoms with Crippen LogP contribution < -0.4 is 5.32 Å². The molecule has 0 radical (unpaired) electrons. The van der Waals surface area contributed by atoms with E-state index in [1.165, 1.54) is 12.1 Å². The third kappa shape index (κ3) is 3.45. The van der Waals surface area contributed by atoms with Crippen LogP contribution >= 0.6 is 0 Å². The van der Waals surface area contributed by atoms with E-state index >= 15 is 0 Å². The number of benzene rings is 2. The van der Waals surface area contributed by atoms with Crippen molar-refractivity contribution in [2.45, 2.75) is 32.4 Å². The fourth-order valence-electron chi connectivity index (χ4n) is 2.81. The average Bonchev–Trinajstić information content (AvgIpc) is 3.05. The van der Waals surface area contributed by atoms with Crippen LogP contribution in [-0.4, -0.2) is 17.7 Å². The van der Waals surface area contributed by atoms with Crippen molar-refractivity contribution in [2.24, 2.45) is 5.16 Å². The summed E-state index contributed by atoms with van der Waals surface area (Å²) in [4.78, 5) is 17.6. The van der Waals surface area contributed by atoms with E-state index in [1.807, 2.05) is 38.1 Å². The zero-order valence-corrected chi connectivity index (χ0v) is 13.6. The first kappa shape index (κ1) is 16.2. The Balaban J connectivity index is 1.63. The third-order valence-electron chi connectivity index (χ3n) is 4.13. The Hall–Kier alpha value is -2.69. The molecule has 124 valence electrons. The second kappa shape index (κ2) is 6.83. The van der Waals surface area contributed by atoms with E-state index in [0.717, 1.165) is 11.1 Å². The number of hydrogen-bond donors (Lipinski definition) is 1. The van der Waals surface area contributed by atoms with E-state index in [9.17, 15) is 9.18 Å². The van der Waals surface area contributed by atoms with Crippen LogP contribution in [0.4, 0.5) is 4.39 Å². The molecule has 0 spiro atoms. The molecular formula is C19H19FN2O2. The Morgan fingerprint density at radius 2 is 2.08 bits per heavy atom. The lowest BCUT2D eigenvalue weighted by Crippen LogP contribution is -2.36. The first-order valence-corrected chi connectivity index (χ1v) is 7.89. The highest BCUT2D eigenvalue weighted by Crippen LogP contribution is 2.20. The minimum atomic E-state index is -0.685. The van der Waals surface area contributed by atoms with E-state index in [4.69, 9.17) is 4.84 Å². The quantitative estimate of drug-likeness (QED) is 0.935. The maximum absolute atomic E-state index is 13.3. The number of carbonyl (C=O) groups is 1. The summed E-state index contributed by atoms with van der Waals surface area (Å²) in [5.74, 6) is -0.558. The van der Waals surface area contributed by atoms with E-state index in [-0.39, 0.29) is 17.8 Å². The van der Waals surface area contributed by atoms with Gasteiger partial charge in [-0.2, -0.15) is 0 Å². The van der Waals surface area contributed by atoms with Gasteiger partial charge in [0.05, 0.1) is 11.8 Å². The average molecular weight is 326 g/mol. The van der Waals surface area contributed by atoms with Crippen LogP contribution in [0.3, 0.4) is 0 Å². The zero-order valence-electron chi connectivity index (χ0n) is 13.6. The van der Waals surface area contributed by atoms with Gasteiger partial charge in [-0.05, 0) is 37.1 Å². The van der Waals surface area contributed by atoms with Crippen LogP contribution in [0.25, 0.3) is 0 Å². The molecule has 4 nitrogen and oxygen atoms in total. The fourth-order valence-corrected chi connectivity index (χ4v) is 2.81. The maximum atomic E-state index is 13.3. The molecule has 1 aliphatic rings. The van der Waals surface area contributed by atoms with Gasteiger partial charge in [-0.15, -0.1) is 0 Å². The summed E-state index contributed by atoms with van der Waals surface area (Å²) in [5.41, 5.74) is 3.40. The van der Waals surface area contributed by atoms with E-state index in [1.54, 1.807) is 12.1 Å². The van der Waals surface area contributed by atoms with Gasteiger partial charge in [0.2, 0.25) is 6.10 Å². The highest BCUT2D eigenvalue weighted by atomic mass is 19.1. The number of hydrogen-bond acceptors (Lipinski definition) is 3. The number of carbonyl (C=O) groups excluding carboxylic acids is 1. The van der Waals surface area contributed by atoms with Crippen LogP contribution in [0.15, 0.2) is 53.7 Å². The normalized spacial score (nSPS) is 17.8. The Kier molecular flexibility index (Phi) is 4.60. The number of halogens is 1. The molecule has 0 aliphatic carbocycles. The van der Waals surface area contributed by atoms with Crippen molar-refractivity contribution in [2.75, 3.05) is 0 Å². The number of amides is 1. The topological polar surface area (TPSA) is 50.7 Å². The standard InChI is InChI=1S/C19H19FN2O2/c1-12-6-3-4-9-16(12)13(2)21-19(23)18-11-17(22-24-18)14-7-5-8-15(20)10-14/h3-10,13,18H,11H2,1-2H3,(H,21,23)/t13-,18-/m1/s1. The highest BCUT2D eigenvalue weighted by Gasteiger charge is 2.30. The van der Waals surface area contributed by atoms with Gasteiger partial charge in [0, 0.05) is 12.0 Å². The first-order valence-electron chi connectivity index (χ1n) is 7.89. The predicted octanol–water partition coefficient (Wildman–Crippen LogP) is 3.50. The summed E-state index contributed by atoms with van der Waals surface area (Å²) < 4.78 is 13.3. The zero-order chi connectivity index (χ0) is 17.1. The first-order chi connectivity index (χ1) is 11.5. The van der Waals surface area contributed by atoms with Crippen LogP contribution in [0.2, 0.25) is 0 Å². The molecule has 2 aromatic rings. The SMILES string of the molecule is Cc1ccccc1[C@@H](C)NC(=O)[C@H]1CC(c2cccc(F)c2)=NO1. The molecule has 5 heteroatoms. The minimum Gasteiger partial charge on any atom is -0.382 e. The number of aryl methyl sites for hydroxylation is 1. The van der Waals surface area contributed by atoms with Gasteiger partial charge >= 0.3 is 0 Å². The highest BCUT2D eigenvalue weighted by molar-refractivity contribution is 6.04. The van der Waals surface area contributed by atoms with Gasteiger partial charge in [-0.25, -0.2) is 4.39 Å². The Labute approximate surface area is 140 Å². The molecule has 24 heavy (non-hydrogen) atoms. The van der Waals surface area contributed by atoms with E-state index < -0.39 is 6.10 Å². The van der Waals surface area contributed by atoms with Gasteiger partial charge in [-0.1, -0.05) is 41.6 Å². The minimum absolute atomic E-state index is 0.125. The molecule has 1 N–H and O–H groups in total. The van der Waals surface area contributed by atoms with Gasteiger partial charge in [0.25, 0.3) is 5.91 Å². The summed E-state index contributed by atoms with van der Waals surface area (Å²) in [6.45, 7) is 3.94. The molecule has 3 rings (SSSR count).